The van der Waals surface area contributed by atoms with Crippen LogP contribution in [0.25, 0.3) is 0 Å². The summed E-state index contributed by atoms with van der Waals surface area (Å²) in [7, 11) is -1.39. The first-order chi connectivity index (χ1) is 9.19. The Kier molecular flexibility index (Phi) is 5.40. The molecule has 0 bridgehead atoms. The van der Waals surface area contributed by atoms with Crippen LogP contribution in [0.5, 0.6) is 0 Å². The molecule has 2 N–H and O–H groups in total. The van der Waals surface area contributed by atoms with Gasteiger partial charge in [-0.25, -0.2) is 0 Å². The van der Waals surface area contributed by atoms with Crippen LogP contribution < -0.4 is 5.46 Å². The number of nitrogens with zero attached hydrogens (tertiary/aromatic N) is 1. The van der Waals surface area contributed by atoms with Gasteiger partial charge in [-0.3, -0.25) is 4.90 Å². The highest BCUT2D eigenvalue weighted by atomic mass is 16.5. The number of likely N-dealkylation sites (tertiary alicyclic amines) is 1. The third-order valence-electron chi connectivity index (χ3n) is 3.52. The van der Waals surface area contributed by atoms with E-state index in [9.17, 15) is 10.0 Å². The van der Waals surface area contributed by atoms with Gasteiger partial charge >= 0.3 is 7.12 Å². The first-order valence-electron chi connectivity index (χ1n) is 6.98. The lowest BCUT2D eigenvalue weighted by Gasteiger charge is -2.32. The van der Waals surface area contributed by atoms with E-state index >= 15 is 0 Å². The van der Waals surface area contributed by atoms with Crippen LogP contribution in [-0.4, -0.2) is 47.9 Å². The molecule has 1 fully saturated rings. The molecule has 1 saturated heterocycles. The number of benzene rings is 1. The maximum Gasteiger partial charge on any atom is 0.488 e. The van der Waals surface area contributed by atoms with E-state index in [1.807, 2.05) is 25.1 Å². The van der Waals surface area contributed by atoms with Crippen molar-refractivity contribution in [1.82, 2.24) is 4.90 Å². The Balaban J connectivity index is 1.94. The Bertz CT molecular complexity index is 398. The van der Waals surface area contributed by atoms with Crippen molar-refractivity contribution in [1.29, 1.82) is 0 Å². The fourth-order valence-corrected chi connectivity index (χ4v) is 2.64. The molecule has 1 unspecified atom stereocenters. The van der Waals surface area contributed by atoms with Crippen LogP contribution in [0.2, 0.25) is 0 Å². The van der Waals surface area contributed by atoms with Crippen molar-refractivity contribution in [3.8, 4) is 0 Å². The SMILES string of the molecule is CCOC1CCCN(Cc2cccc(B(O)O)c2)C1. The van der Waals surface area contributed by atoms with Gasteiger partial charge in [0.1, 0.15) is 0 Å². The standard InChI is InChI=1S/C14H22BNO3/c1-2-19-14-7-4-8-16(11-14)10-12-5-3-6-13(9-12)15(17)18/h3,5-6,9,14,17-18H,2,4,7-8,10-11H2,1H3. The Morgan fingerprint density at radius 2 is 2.26 bits per heavy atom. The fraction of sp³-hybridized carbons (Fsp3) is 0.571. The Morgan fingerprint density at radius 1 is 1.42 bits per heavy atom. The van der Waals surface area contributed by atoms with E-state index in [1.54, 1.807) is 6.07 Å². The summed E-state index contributed by atoms with van der Waals surface area (Å²) >= 11 is 0. The number of hydrogen-bond donors (Lipinski definition) is 2. The molecule has 0 aromatic heterocycles. The second kappa shape index (κ2) is 7.05. The molecule has 1 aliphatic heterocycles. The zero-order valence-electron chi connectivity index (χ0n) is 11.5. The predicted octanol–water partition coefficient (Wildman–Crippen LogP) is 0.367. The van der Waals surface area contributed by atoms with Crippen LogP contribution in [0.3, 0.4) is 0 Å². The molecule has 0 radical (unpaired) electrons. The van der Waals surface area contributed by atoms with Crippen molar-refractivity contribution >= 4 is 12.6 Å². The molecule has 0 amide bonds. The normalized spacial score (nSPS) is 20.5. The largest absolute Gasteiger partial charge is 0.488 e. The highest BCUT2D eigenvalue weighted by Crippen LogP contribution is 2.15. The lowest BCUT2D eigenvalue weighted by atomic mass is 9.79. The number of piperidine rings is 1. The third kappa shape index (κ3) is 4.32. The Morgan fingerprint density at radius 3 is 3.00 bits per heavy atom. The van der Waals surface area contributed by atoms with Gasteiger partial charge in [0.05, 0.1) is 6.10 Å². The minimum Gasteiger partial charge on any atom is -0.423 e. The summed E-state index contributed by atoms with van der Waals surface area (Å²) in [5.74, 6) is 0. The summed E-state index contributed by atoms with van der Waals surface area (Å²) < 4.78 is 5.69. The van der Waals surface area contributed by atoms with Crippen molar-refractivity contribution in [3.05, 3.63) is 29.8 Å². The number of rotatable bonds is 5. The second-order valence-corrected chi connectivity index (χ2v) is 5.07. The number of ether oxygens (including phenoxy) is 1. The average Bonchev–Trinajstić information content (AvgIpc) is 2.40. The van der Waals surface area contributed by atoms with Gasteiger partial charge in [-0.05, 0) is 37.3 Å². The molecule has 0 saturated carbocycles. The zero-order valence-corrected chi connectivity index (χ0v) is 11.5. The molecule has 4 nitrogen and oxygen atoms in total. The van der Waals surface area contributed by atoms with E-state index in [-0.39, 0.29) is 0 Å². The van der Waals surface area contributed by atoms with E-state index in [4.69, 9.17) is 4.74 Å². The maximum absolute atomic E-state index is 9.19. The van der Waals surface area contributed by atoms with Crippen LogP contribution in [0.15, 0.2) is 24.3 Å². The summed E-state index contributed by atoms with van der Waals surface area (Å²) in [5, 5.41) is 18.4. The molecule has 1 aromatic carbocycles. The van der Waals surface area contributed by atoms with Crippen molar-refractivity contribution in [2.45, 2.75) is 32.4 Å². The summed E-state index contributed by atoms with van der Waals surface area (Å²) in [6.07, 6.45) is 2.64. The molecule has 0 aliphatic carbocycles. The molecule has 0 spiro atoms. The predicted molar refractivity (Wildman–Crippen MR) is 76.2 cm³/mol. The summed E-state index contributed by atoms with van der Waals surface area (Å²) in [6, 6.07) is 7.48. The molecule has 104 valence electrons. The lowest BCUT2D eigenvalue weighted by molar-refractivity contribution is 0.00364. The lowest BCUT2D eigenvalue weighted by Crippen LogP contribution is -2.39. The van der Waals surface area contributed by atoms with Gasteiger partial charge in [0.2, 0.25) is 0 Å². The van der Waals surface area contributed by atoms with Gasteiger partial charge in [-0.2, -0.15) is 0 Å². The van der Waals surface area contributed by atoms with Gasteiger partial charge in [0.25, 0.3) is 0 Å². The first kappa shape index (κ1) is 14.5. The third-order valence-corrected chi connectivity index (χ3v) is 3.52. The first-order valence-corrected chi connectivity index (χ1v) is 6.98. The number of hydrogen-bond acceptors (Lipinski definition) is 4. The molecule has 19 heavy (non-hydrogen) atoms. The van der Waals surface area contributed by atoms with Crippen LogP contribution >= 0.6 is 0 Å². The van der Waals surface area contributed by atoms with Crippen LogP contribution in [-0.2, 0) is 11.3 Å². The average molecular weight is 263 g/mol. The smallest absolute Gasteiger partial charge is 0.423 e. The van der Waals surface area contributed by atoms with E-state index in [1.165, 1.54) is 0 Å². The fourth-order valence-electron chi connectivity index (χ4n) is 2.64. The van der Waals surface area contributed by atoms with Crippen LogP contribution in [0, 0.1) is 0 Å². The van der Waals surface area contributed by atoms with E-state index in [0.29, 0.717) is 11.6 Å². The van der Waals surface area contributed by atoms with E-state index in [2.05, 4.69) is 4.90 Å². The van der Waals surface area contributed by atoms with Crippen molar-refractivity contribution in [2.75, 3.05) is 19.7 Å². The molecule has 1 atom stereocenters. The van der Waals surface area contributed by atoms with E-state index < -0.39 is 7.12 Å². The van der Waals surface area contributed by atoms with Gasteiger partial charge < -0.3 is 14.8 Å². The molecule has 2 rings (SSSR count). The second-order valence-electron chi connectivity index (χ2n) is 5.07. The van der Waals surface area contributed by atoms with Crippen molar-refractivity contribution in [3.63, 3.8) is 0 Å². The van der Waals surface area contributed by atoms with Gasteiger partial charge in [-0.15, -0.1) is 0 Å². The summed E-state index contributed by atoms with van der Waals surface area (Å²) in [6.45, 7) is 5.68. The summed E-state index contributed by atoms with van der Waals surface area (Å²) in [5.41, 5.74) is 1.67. The molecule has 1 aliphatic rings. The molecular formula is C14H22BNO3. The topological polar surface area (TPSA) is 52.9 Å². The summed E-state index contributed by atoms with van der Waals surface area (Å²) in [4.78, 5) is 2.37. The van der Waals surface area contributed by atoms with Gasteiger partial charge in [-0.1, -0.05) is 24.3 Å². The van der Waals surface area contributed by atoms with Crippen LogP contribution in [0.4, 0.5) is 0 Å². The van der Waals surface area contributed by atoms with Gasteiger partial charge in [0.15, 0.2) is 0 Å². The molecular weight excluding hydrogens is 241 g/mol. The Labute approximate surface area is 115 Å². The molecule has 1 aromatic rings. The highest BCUT2D eigenvalue weighted by molar-refractivity contribution is 6.58. The minimum absolute atomic E-state index is 0.338. The van der Waals surface area contributed by atoms with Crippen LogP contribution in [0.1, 0.15) is 25.3 Å². The van der Waals surface area contributed by atoms with Crippen molar-refractivity contribution < 1.29 is 14.8 Å². The zero-order chi connectivity index (χ0) is 13.7. The molecule has 1 heterocycles. The minimum atomic E-state index is -1.39. The van der Waals surface area contributed by atoms with Gasteiger partial charge in [0, 0.05) is 19.7 Å². The highest BCUT2D eigenvalue weighted by Gasteiger charge is 2.20. The van der Waals surface area contributed by atoms with Crippen molar-refractivity contribution in [2.24, 2.45) is 0 Å². The molecule has 5 heteroatoms. The maximum atomic E-state index is 9.19. The van der Waals surface area contributed by atoms with E-state index in [0.717, 1.165) is 44.6 Å². The monoisotopic (exact) mass is 263 g/mol. The quantitative estimate of drug-likeness (QED) is 0.753. The Hall–Kier alpha value is -0.875.